The molecule has 1 aliphatic heterocycles. The normalized spacial score (nSPS) is 18.0. The van der Waals surface area contributed by atoms with E-state index in [-0.39, 0.29) is 23.8 Å². The SMILES string of the molecule is O=C(c1cn(C(=O)OCc2ccccc2)c2ccccc12)C1CSC(c2ccccn2)N1. The van der Waals surface area contributed by atoms with E-state index in [1.54, 1.807) is 24.2 Å². The molecule has 1 fully saturated rings. The Morgan fingerprint density at radius 2 is 1.81 bits per heavy atom. The van der Waals surface area contributed by atoms with Gasteiger partial charge in [0.2, 0.25) is 0 Å². The number of benzene rings is 2. The lowest BCUT2D eigenvalue weighted by Crippen LogP contribution is -2.34. The van der Waals surface area contributed by atoms with E-state index in [1.807, 2.05) is 72.8 Å². The number of hydrogen-bond donors (Lipinski definition) is 1. The molecule has 4 aromatic rings. The first-order valence-corrected chi connectivity index (χ1v) is 11.4. The number of pyridine rings is 1. The van der Waals surface area contributed by atoms with Gasteiger partial charge in [-0.3, -0.25) is 19.7 Å². The average molecular weight is 444 g/mol. The average Bonchev–Trinajstić information content (AvgIpc) is 3.49. The zero-order chi connectivity index (χ0) is 21.9. The minimum atomic E-state index is -0.510. The number of nitrogens with one attached hydrogen (secondary N) is 1. The summed E-state index contributed by atoms with van der Waals surface area (Å²) in [5, 5.41) is 4.09. The third-order valence-corrected chi connectivity index (χ3v) is 6.67. The van der Waals surface area contributed by atoms with Gasteiger partial charge in [-0.15, -0.1) is 11.8 Å². The number of rotatable bonds is 5. The van der Waals surface area contributed by atoms with Crippen LogP contribution in [0.5, 0.6) is 0 Å². The molecule has 7 heteroatoms. The fourth-order valence-corrected chi connectivity index (χ4v) is 5.03. The molecular formula is C25H21N3O3S. The number of fused-ring (bicyclic) bond motifs is 1. The van der Waals surface area contributed by atoms with Crippen molar-refractivity contribution in [3.05, 3.63) is 102 Å². The predicted octanol–water partition coefficient (Wildman–Crippen LogP) is 4.81. The van der Waals surface area contributed by atoms with Crippen LogP contribution >= 0.6 is 11.8 Å². The van der Waals surface area contributed by atoms with Crippen LogP contribution in [0.3, 0.4) is 0 Å². The highest BCUT2D eigenvalue weighted by atomic mass is 32.2. The van der Waals surface area contributed by atoms with Gasteiger partial charge in [0.25, 0.3) is 0 Å². The number of carbonyl (C=O) groups excluding carboxylic acids is 2. The largest absolute Gasteiger partial charge is 0.444 e. The van der Waals surface area contributed by atoms with Gasteiger partial charge in [0.1, 0.15) is 6.61 Å². The monoisotopic (exact) mass is 443 g/mol. The first kappa shape index (κ1) is 20.5. The summed E-state index contributed by atoms with van der Waals surface area (Å²) in [4.78, 5) is 30.6. The lowest BCUT2D eigenvalue weighted by molar-refractivity contribution is 0.0957. The molecule has 2 aromatic heterocycles. The second kappa shape index (κ2) is 8.98. The predicted molar refractivity (Wildman–Crippen MR) is 125 cm³/mol. The molecule has 2 unspecified atom stereocenters. The number of para-hydroxylation sites is 1. The Labute approximate surface area is 189 Å². The van der Waals surface area contributed by atoms with Crippen molar-refractivity contribution in [2.75, 3.05) is 5.75 Å². The van der Waals surface area contributed by atoms with Crippen molar-refractivity contribution >= 4 is 34.5 Å². The summed E-state index contributed by atoms with van der Waals surface area (Å²) in [7, 11) is 0. The van der Waals surface area contributed by atoms with Gasteiger partial charge >= 0.3 is 6.09 Å². The highest BCUT2D eigenvalue weighted by Gasteiger charge is 2.33. The number of carbonyl (C=O) groups is 2. The van der Waals surface area contributed by atoms with Crippen LogP contribution in [0.4, 0.5) is 4.79 Å². The molecule has 32 heavy (non-hydrogen) atoms. The third-order valence-electron chi connectivity index (χ3n) is 5.43. The number of nitrogens with zero attached hydrogens (tertiary/aromatic N) is 2. The second-order valence-corrected chi connectivity index (χ2v) is 8.66. The summed E-state index contributed by atoms with van der Waals surface area (Å²) in [5.74, 6) is 0.597. The molecule has 3 heterocycles. The number of Topliss-reactive ketones (excluding diaryl/α,β-unsaturated/α-hetero) is 1. The number of ether oxygens (including phenoxy) is 1. The molecule has 0 saturated carbocycles. The summed E-state index contributed by atoms with van der Waals surface area (Å²) in [6, 6.07) is 22.3. The van der Waals surface area contributed by atoms with E-state index in [2.05, 4.69) is 10.3 Å². The van der Waals surface area contributed by atoms with Crippen LogP contribution in [0.15, 0.2) is 85.2 Å². The summed E-state index contributed by atoms with van der Waals surface area (Å²) in [6.45, 7) is 0.169. The van der Waals surface area contributed by atoms with E-state index in [1.165, 1.54) is 4.57 Å². The van der Waals surface area contributed by atoms with Gasteiger partial charge in [-0.25, -0.2) is 4.79 Å². The molecule has 1 N–H and O–H groups in total. The van der Waals surface area contributed by atoms with Crippen LogP contribution in [0.25, 0.3) is 10.9 Å². The van der Waals surface area contributed by atoms with Crippen LogP contribution in [0.2, 0.25) is 0 Å². The second-order valence-electron chi connectivity index (χ2n) is 7.52. The van der Waals surface area contributed by atoms with Crippen molar-refractivity contribution < 1.29 is 14.3 Å². The molecule has 0 radical (unpaired) electrons. The van der Waals surface area contributed by atoms with E-state index in [0.717, 1.165) is 16.6 Å². The van der Waals surface area contributed by atoms with Crippen molar-refractivity contribution in [3.63, 3.8) is 0 Å². The van der Waals surface area contributed by atoms with Crippen molar-refractivity contribution in [2.45, 2.75) is 18.0 Å². The molecule has 0 amide bonds. The summed E-state index contributed by atoms with van der Waals surface area (Å²) in [6.07, 6.45) is 2.84. The maximum atomic E-state index is 13.4. The molecule has 2 atom stereocenters. The van der Waals surface area contributed by atoms with Crippen LogP contribution in [-0.2, 0) is 11.3 Å². The summed E-state index contributed by atoms with van der Waals surface area (Å²) >= 11 is 1.66. The van der Waals surface area contributed by atoms with Crippen molar-refractivity contribution in [2.24, 2.45) is 0 Å². The van der Waals surface area contributed by atoms with E-state index < -0.39 is 6.09 Å². The molecule has 1 aliphatic rings. The Morgan fingerprint density at radius 3 is 2.62 bits per heavy atom. The van der Waals surface area contributed by atoms with Crippen LogP contribution in [0, 0.1) is 0 Å². The minimum Gasteiger partial charge on any atom is -0.444 e. The first-order valence-electron chi connectivity index (χ1n) is 10.3. The molecule has 6 nitrogen and oxygen atoms in total. The Kier molecular flexibility index (Phi) is 5.75. The van der Waals surface area contributed by atoms with Gasteiger partial charge in [0, 0.05) is 29.1 Å². The Bertz CT molecular complexity index is 1260. The Morgan fingerprint density at radius 1 is 1.03 bits per heavy atom. The molecule has 0 bridgehead atoms. The summed E-state index contributed by atoms with van der Waals surface area (Å²) in [5.41, 5.74) is 2.97. The molecule has 5 rings (SSSR count). The molecule has 160 valence electrons. The maximum Gasteiger partial charge on any atom is 0.418 e. The molecule has 0 spiro atoms. The quantitative estimate of drug-likeness (QED) is 0.447. The lowest BCUT2D eigenvalue weighted by Gasteiger charge is -2.11. The van der Waals surface area contributed by atoms with Gasteiger partial charge in [0.15, 0.2) is 5.78 Å². The van der Waals surface area contributed by atoms with Crippen LogP contribution in [-0.4, -0.2) is 33.2 Å². The first-order chi connectivity index (χ1) is 15.7. The Hall–Kier alpha value is -3.42. The zero-order valence-corrected chi connectivity index (χ0v) is 18.0. The van der Waals surface area contributed by atoms with Crippen molar-refractivity contribution in [3.8, 4) is 0 Å². The van der Waals surface area contributed by atoms with Gasteiger partial charge in [-0.2, -0.15) is 0 Å². The third kappa shape index (κ3) is 4.04. The number of ketones is 1. The molecular weight excluding hydrogens is 422 g/mol. The number of thioether (sulfide) groups is 1. The maximum absolute atomic E-state index is 13.4. The van der Waals surface area contributed by atoms with Crippen LogP contribution in [0.1, 0.15) is 27.0 Å². The van der Waals surface area contributed by atoms with Crippen molar-refractivity contribution in [1.29, 1.82) is 0 Å². The van der Waals surface area contributed by atoms with E-state index >= 15 is 0 Å². The van der Waals surface area contributed by atoms with E-state index in [9.17, 15) is 9.59 Å². The number of hydrogen-bond acceptors (Lipinski definition) is 6. The topological polar surface area (TPSA) is 73.2 Å². The van der Waals surface area contributed by atoms with Gasteiger partial charge < -0.3 is 4.74 Å². The highest BCUT2D eigenvalue weighted by Crippen LogP contribution is 2.33. The van der Waals surface area contributed by atoms with Gasteiger partial charge in [-0.1, -0.05) is 54.6 Å². The smallest absolute Gasteiger partial charge is 0.418 e. The lowest BCUT2D eigenvalue weighted by atomic mass is 10.0. The van der Waals surface area contributed by atoms with Gasteiger partial charge in [-0.05, 0) is 23.8 Å². The minimum absolute atomic E-state index is 0.0330. The van der Waals surface area contributed by atoms with Crippen molar-refractivity contribution in [1.82, 2.24) is 14.9 Å². The fraction of sp³-hybridized carbons (Fsp3) is 0.160. The standard InChI is InChI=1S/C25H21N3O3S/c29-23(21-16-32-24(27-21)20-11-6-7-13-26-20)19-14-28(22-12-5-4-10-18(19)22)25(30)31-15-17-8-2-1-3-9-17/h1-14,21,24,27H,15-16H2. The molecule has 2 aromatic carbocycles. The Balaban J connectivity index is 1.38. The highest BCUT2D eigenvalue weighted by molar-refractivity contribution is 7.99. The zero-order valence-electron chi connectivity index (χ0n) is 17.2. The summed E-state index contributed by atoms with van der Waals surface area (Å²) < 4.78 is 6.92. The molecule has 1 saturated heterocycles. The van der Waals surface area contributed by atoms with Crippen LogP contribution < -0.4 is 5.32 Å². The fourth-order valence-electron chi connectivity index (χ4n) is 3.83. The van der Waals surface area contributed by atoms with E-state index in [0.29, 0.717) is 16.8 Å². The number of aromatic nitrogens is 2. The van der Waals surface area contributed by atoms with Gasteiger partial charge in [0.05, 0.1) is 22.6 Å². The molecule has 0 aliphatic carbocycles. The van der Waals surface area contributed by atoms with E-state index in [4.69, 9.17) is 4.74 Å².